The number of carbonyl (C=O) groups is 1. The fourth-order valence-electron chi connectivity index (χ4n) is 1.89. The van der Waals surface area contributed by atoms with Crippen LogP contribution >= 0.6 is 0 Å². The van der Waals surface area contributed by atoms with Gasteiger partial charge in [0.2, 0.25) is 0 Å². The van der Waals surface area contributed by atoms with Crippen molar-refractivity contribution in [2.24, 2.45) is 5.11 Å². The number of halogens is 1. The largest absolute Gasteiger partial charge is 0.476 e. The number of carboxylic acid groups (broad SMARTS) is 1. The van der Waals surface area contributed by atoms with Crippen LogP contribution in [-0.2, 0) is 0 Å². The summed E-state index contributed by atoms with van der Waals surface area (Å²) in [4.78, 5) is 22.9. The molecule has 23 heavy (non-hydrogen) atoms. The quantitative estimate of drug-likeness (QED) is 0.724. The molecule has 0 unspecified atom stereocenters. The first kappa shape index (κ1) is 16.0. The van der Waals surface area contributed by atoms with E-state index >= 15 is 0 Å². The first-order chi connectivity index (χ1) is 11.0. The summed E-state index contributed by atoms with van der Waals surface area (Å²) in [6.45, 7) is 0. The molecule has 9 heteroatoms. The first-order valence-corrected chi connectivity index (χ1v) is 6.36. The second kappa shape index (κ2) is 6.60. The fourth-order valence-corrected chi connectivity index (χ4v) is 1.89. The van der Waals surface area contributed by atoms with Crippen LogP contribution in [0, 0.1) is 11.3 Å². The zero-order chi connectivity index (χ0) is 17.0. The predicted molar refractivity (Wildman–Crippen MR) is 78.9 cm³/mol. The summed E-state index contributed by atoms with van der Waals surface area (Å²) in [7, 11) is 1.53. The molecule has 1 heterocycles. The Morgan fingerprint density at radius 1 is 1.43 bits per heavy atom. The van der Waals surface area contributed by atoms with Crippen molar-refractivity contribution < 1.29 is 14.3 Å². The summed E-state index contributed by atoms with van der Waals surface area (Å²) >= 11 is 0. The minimum atomic E-state index is -1.29. The Morgan fingerprint density at radius 3 is 2.78 bits per heavy atom. The Labute approximate surface area is 129 Å². The van der Waals surface area contributed by atoms with Crippen molar-refractivity contribution in [3.8, 4) is 5.69 Å². The molecule has 118 valence electrons. The number of nitrogens with zero attached hydrogens (tertiary/aromatic N) is 3. The molecule has 0 atom stereocenters. The number of benzene rings is 1. The fraction of sp³-hybridized carbons (Fsp3) is 0.0714. The van der Waals surface area contributed by atoms with Gasteiger partial charge >= 0.3 is 5.97 Å². The van der Waals surface area contributed by atoms with Crippen LogP contribution < -0.4 is 10.9 Å². The van der Waals surface area contributed by atoms with E-state index in [2.05, 4.69) is 15.5 Å². The molecule has 0 amide bonds. The summed E-state index contributed by atoms with van der Waals surface area (Å²) < 4.78 is 14.8. The van der Waals surface area contributed by atoms with Gasteiger partial charge < -0.3 is 10.4 Å². The summed E-state index contributed by atoms with van der Waals surface area (Å²) in [6.07, 6.45) is 1.10. The number of rotatable bonds is 5. The molecular weight excluding hydrogens is 305 g/mol. The number of hydrogen-bond acceptors (Lipinski definition) is 6. The number of nitrogens with one attached hydrogen (secondary N) is 2. The van der Waals surface area contributed by atoms with Crippen molar-refractivity contribution in [2.45, 2.75) is 0 Å². The second-order valence-electron chi connectivity index (χ2n) is 4.36. The minimum Gasteiger partial charge on any atom is -0.476 e. The van der Waals surface area contributed by atoms with Crippen molar-refractivity contribution >= 4 is 11.7 Å². The molecule has 8 nitrogen and oxygen atoms in total. The second-order valence-corrected chi connectivity index (χ2v) is 4.36. The highest BCUT2D eigenvalue weighted by Gasteiger charge is 2.12. The van der Waals surface area contributed by atoms with Crippen LogP contribution in [0.5, 0.6) is 0 Å². The van der Waals surface area contributed by atoms with Gasteiger partial charge in [0.1, 0.15) is 5.82 Å². The number of aromatic nitrogens is 2. The highest BCUT2D eigenvalue weighted by Crippen LogP contribution is 2.19. The van der Waals surface area contributed by atoms with Crippen molar-refractivity contribution in [3.63, 3.8) is 0 Å². The van der Waals surface area contributed by atoms with Gasteiger partial charge in [0, 0.05) is 18.7 Å². The third-order valence-electron chi connectivity index (χ3n) is 2.97. The molecule has 0 fully saturated rings. The van der Waals surface area contributed by atoms with E-state index in [9.17, 15) is 14.0 Å². The van der Waals surface area contributed by atoms with E-state index in [1.165, 1.54) is 19.2 Å². The van der Waals surface area contributed by atoms with E-state index in [-0.39, 0.29) is 22.6 Å². The van der Waals surface area contributed by atoms with Crippen LogP contribution in [0.3, 0.4) is 0 Å². The lowest BCUT2D eigenvalue weighted by Crippen LogP contribution is -2.23. The lowest BCUT2D eigenvalue weighted by Gasteiger charge is -2.10. The topological polar surface area (TPSA) is 120 Å². The van der Waals surface area contributed by atoms with Gasteiger partial charge in [-0.25, -0.2) is 14.7 Å². The summed E-state index contributed by atoms with van der Waals surface area (Å²) in [5, 5.41) is 18.4. The maximum absolute atomic E-state index is 14.0. The van der Waals surface area contributed by atoms with Gasteiger partial charge in [-0.05, 0) is 24.3 Å². The van der Waals surface area contributed by atoms with Crippen molar-refractivity contribution in [1.29, 1.82) is 5.53 Å². The molecule has 2 aromatic rings. The lowest BCUT2D eigenvalue weighted by molar-refractivity contribution is 0.0688. The van der Waals surface area contributed by atoms with E-state index in [4.69, 9.17) is 10.6 Å². The third kappa shape index (κ3) is 3.28. The normalized spacial score (nSPS) is 11.1. The monoisotopic (exact) mass is 317 g/mol. The molecule has 2 rings (SSSR count). The van der Waals surface area contributed by atoms with Crippen LogP contribution in [0.25, 0.3) is 11.4 Å². The van der Waals surface area contributed by atoms with Crippen LogP contribution in [0.2, 0.25) is 0 Å². The molecule has 1 aromatic heterocycles. The average Bonchev–Trinajstić information content (AvgIpc) is 2.54. The number of aromatic carboxylic acids is 1. The zero-order valence-corrected chi connectivity index (χ0v) is 11.9. The van der Waals surface area contributed by atoms with Gasteiger partial charge in [0.15, 0.2) is 5.69 Å². The van der Waals surface area contributed by atoms with Gasteiger partial charge in [0.05, 0.1) is 17.6 Å². The summed E-state index contributed by atoms with van der Waals surface area (Å²) in [6, 6.07) is 5.87. The summed E-state index contributed by atoms with van der Waals surface area (Å²) in [5.74, 6) is -1.88. The highest BCUT2D eigenvalue weighted by atomic mass is 19.1. The molecule has 0 spiro atoms. The van der Waals surface area contributed by atoms with Gasteiger partial charge in [0.25, 0.3) is 5.56 Å². The van der Waals surface area contributed by atoms with Gasteiger partial charge in [-0.2, -0.15) is 14.9 Å². The van der Waals surface area contributed by atoms with E-state index in [1.54, 1.807) is 0 Å². The maximum Gasteiger partial charge on any atom is 0.356 e. The third-order valence-corrected chi connectivity index (χ3v) is 2.97. The maximum atomic E-state index is 14.0. The van der Waals surface area contributed by atoms with E-state index in [1.807, 2.05) is 0 Å². The molecule has 3 N–H and O–H groups in total. The Kier molecular flexibility index (Phi) is 4.60. The Hall–Kier alpha value is -3.36. The standard InChI is InChI=1S/C14H12FN5O3/c1-17-12(7-18-16)9-6-8(2-3-10(9)15)20-13(21)5-4-11(19-20)14(22)23/h2-7,16-17H,1H3,(H,22,23)/b12-7-,18-16?. The lowest BCUT2D eigenvalue weighted by atomic mass is 10.1. The molecule has 0 aliphatic rings. The smallest absolute Gasteiger partial charge is 0.356 e. The molecule has 0 aliphatic heterocycles. The molecule has 0 radical (unpaired) electrons. The van der Waals surface area contributed by atoms with E-state index < -0.39 is 17.3 Å². The van der Waals surface area contributed by atoms with Crippen LogP contribution in [0.1, 0.15) is 16.1 Å². The van der Waals surface area contributed by atoms with Gasteiger partial charge in [-0.15, -0.1) is 0 Å². The average molecular weight is 317 g/mol. The minimum absolute atomic E-state index is 0.0652. The van der Waals surface area contributed by atoms with Gasteiger partial charge in [-0.3, -0.25) is 4.79 Å². The molecule has 1 aromatic carbocycles. The Balaban J connectivity index is 2.64. The molecule has 0 aliphatic carbocycles. The van der Waals surface area contributed by atoms with Crippen molar-refractivity contribution in [3.05, 3.63) is 64.0 Å². The Morgan fingerprint density at radius 2 is 2.17 bits per heavy atom. The first-order valence-electron chi connectivity index (χ1n) is 6.36. The van der Waals surface area contributed by atoms with E-state index in [0.29, 0.717) is 0 Å². The molecular formula is C14H12FN5O3. The number of hydrogen-bond donors (Lipinski definition) is 3. The van der Waals surface area contributed by atoms with Crippen LogP contribution in [-0.4, -0.2) is 27.9 Å². The van der Waals surface area contributed by atoms with Crippen LogP contribution in [0.15, 0.2) is 46.4 Å². The predicted octanol–water partition coefficient (Wildman–Crippen LogP) is 1.62. The highest BCUT2D eigenvalue weighted by molar-refractivity contribution is 5.84. The molecule has 0 bridgehead atoms. The molecule has 0 saturated heterocycles. The summed E-state index contributed by atoms with van der Waals surface area (Å²) in [5.41, 5.74) is 6.43. The van der Waals surface area contributed by atoms with Gasteiger partial charge in [-0.1, -0.05) is 0 Å². The molecule has 0 saturated carbocycles. The number of carboxylic acids is 1. The SMILES string of the molecule is CN/C(=C\N=N)c1cc(-n2nc(C(=O)O)ccc2=O)ccc1F. The zero-order valence-electron chi connectivity index (χ0n) is 11.9. The van der Waals surface area contributed by atoms with Crippen molar-refractivity contribution in [2.75, 3.05) is 7.05 Å². The Bertz CT molecular complexity index is 860. The van der Waals surface area contributed by atoms with Crippen LogP contribution in [0.4, 0.5) is 4.39 Å². The van der Waals surface area contributed by atoms with Crippen molar-refractivity contribution in [1.82, 2.24) is 15.1 Å². The van der Waals surface area contributed by atoms with E-state index in [0.717, 1.165) is 29.1 Å².